The molecular formula is C13H18N2O3. The van der Waals surface area contributed by atoms with Gasteiger partial charge in [-0.3, -0.25) is 4.79 Å². The Bertz CT molecular complexity index is 446. The highest BCUT2D eigenvalue weighted by molar-refractivity contribution is 5.97. The third kappa shape index (κ3) is 2.80. The molecule has 0 aliphatic carbocycles. The highest BCUT2D eigenvalue weighted by atomic mass is 16.5. The number of methoxy groups -OCH3 is 1. The van der Waals surface area contributed by atoms with Gasteiger partial charge in [0.15, 0.2) is 0 Å². The number of para-hydroxylation sites is 1. The van der Waals surface area contributed by atoms with Gasteiger partial charge in [-0.15, -0.1) is 0 Å². The number of esters is 1. The van der Waals surface area contributed by atoms with E-state index in [-0.39, 0.29) is 11.9 Å². The van der Waals surface area contributed by atoms with Crippen LogP contribution in [0.25, 0.3) is 0 Å². The van der Waals surface area contributed by atoms with E-state index >= 15 is 0 Å². The van der Waals surface area contributed by atoms with Crippen molar-refractivity contribution in [2.75, 3.05) is 26.1 Å². The lowest BCUT2D eigenvalue weighted by molar-refractivity contribution is -0.121. The standard InChI is InChI=1S/C13H18N2O3/c1-9(12(16)14-2)15(3)11-8-6-5-7-10(11)13(17)18-4/h5-9H,1-4H3,(H,14,16). The van der Waals surface area contributed by atoms with Crippen LogP contribution < -0.4 is 10.2 Å². The largest absolute Gasteiger partial charge is 0.465 e. The van der Waals surface area contributed by atoms with Gasteiger partial charge in [0.05, 0.1) is 18.4 Å². The van der Waals surface area contributed by atoms with E-state index in [1.165, 1.54) is 7.11 Å². The molecule has 18 heavy (non-hydrogen) atoms. The number of carbonyl (C=O) groups excluding carboxylic acids is 2. The summed E-state index contributed by atoms with van der Waals surface area (Å²) in [5, 5.41) is 2.58. The van der Waals surface area contributed by atoms with Crippen molar-refractivity contribution in [1.29, 1.82) is 0 Å². The molecule has 5 heteroatoms. The van der Waals surface area contributed by atoms with Crippen LogP contribution in [0.2, 0.25) is 0 Å². The summed E-state index contributed by atoms with van der Waals surface area (Å²) in [5.74, 6) is -0.529. The molecule has 0 saturated heterocycles. The molecule has 1 aromatic rings. The van der Waals surface area contributed by atoms with Gasteiger partial charge in [-0.25, -0.2) is 4.79 Å². The summed E-state index contributed by atoms with van der Waals surface area (Å²) in [6.45, 7) is 1.77. The van der Waals surface area contributed by atoms with Crippen LogP contribution >= 0.6 is 0 Å². The average Bonchev–Trinajstić information content (AvgIpc) is 2.43. The SMILES string of the molecule is CNC(=O)C(C)N(C)c1ccccc1C(=O)OC. The lowest BCUT2D eigenvalue weighted by Gasteiger charge is -2.27. The first-order chi connectivity index (χ1) is 8.52. The molecule has 0 spiro atoms. The van der Waals surface area contributed by atoms with Crippen molar-refractivity contribution in [3.63, 3.8) is 0 Å². The van der Waals surface area contributed by atoms with Crippen molar-refractivity contribution in [1.82, 2.24) is 5.32 Å². The summed E-state index contributed by atoms with van der Waals surface area (Å²) in [6.07, 6.45) is 0. The maximum Gasteiger partial charge on any atom is 0.339 e. The Labute approximate surface area is 107 Å². The van der Waals surface area contributed by atoms with E-state index < -0.39 is 5.97 Å². The average molecular weight is 250 g/mol. The topological polar surface area (TPSA) is 58.6 Å². The molecule has 0 aliphatic rings. The number of hydrogen-bond donors (Lipinski definition) is 1. The van der Waals surface area contributed by atoms with E-state index in [9.17, 15) is 9.59 Å². The highest BCUT2D eigenvalue weighted by Crippen LogP contribution is 2.21. The number of ether oxygens (including phenoxy) is 1. The Hall–Kier alpha value is -2.04. The van der Waals surface area contributed by atoms with Crippen LogP contribution in [-0.4, -0.2) is 39.1 Å². The number of anilines is 1. The van der Waals surface area contributed by atoms with Crippen LogP contribution in [0.15, 0.2) is 24.3 Å². The minimum Gasteiger partial charge on any atom is -0.465 e. The van der Waals surface area contributed by atoms with Gasteiger partial charge in [0.25, 0.3) is 0 Å². The smallest absolute Gasteiger partial charge is 0.339 e. The van der Waals surface area contributed by atoms with Gasteiger partial charge in [-0.05, 0) is 19.1 Å². The summed E-state index contributed by atoms with van der Waals surface area (Å²) < 4.78 is 4.73. The molecule has 1 aromatic carbocycles. The van der Waals surface area contributed by atoms with Crippen LogP contribution in [0.4, 0.5) is 5.69 Å². The van der Waals surface area contributed by atoms with E-state index in [2.05, 4.69) is 5.32 Å². The van der Waals surface area contributed by atoms with Gasteiger partial charge in [-0.2, -0.15) is 0 Å². The Morgan fingerprint density at radius 2 is 1.94 bits per heavy atom. The van der Waals surface area contributed by atoms with Crippen molar-refractivity contribution >= 4 is 17.6 Å². The summed E-state index contributed by atoms with van der Waals surface area (Å²) in [5.41, 5.74) is 1.11. The van der Waals surface area contributed by atoms with Crippen LogP contribution in [-0.2, 0) is 9.53 Å². The lowest BCUT2D eigenvalue weighted by atomic mass is 10.1. The van der Waals surface area contributed by atoms with Crippen molar-refractivity contribution in [3.05, 3.63) is 29.8 Å². The Morgan fingerprint density at radius 1 is 1.33 bits per heavy atom. The van der Waals surface area contributed by atoms with Crippen molar-refractivity contribution in [2.24, 2.45) is 0 Å². The molecule has 5 nitrogen and oxygen atoms in total. The van der Waals surface area contributed by atoms with Crippen LogP contribution in [0.1, 0.15) is 17.3 Å². The minimum atomic E-state index is -0.415. The zero-order valence-corrected chi connectivity index (χ0v) is 11.1. The second-order valence-electron chi connectivity index (χ2n) is 3.91. The summed E-state index contributed by atoms with van der Waals surface area (Å²) in [6, 6.07) is 6.66. The molecule has 1 amide bonds. The second-order valence-corrected chi connectivity index (χ2v) is 3.91. The minimum absolute atomic E-state index is 0.114. The van der Waals surface area contributed by atoms with Crippen LogP contribution in [0.3, 0.4) is 0 Å². The fourth-order valence-electron chi connectivity index (χ4n) is 1.66. The van der Waals surface area contributed by atoms with Crippen LogP contribution in [0.5, 0.6) is 0 Å². The van der Waals surface area contributed by atoms with Crippen molar-refractivity contribution < 1.29 is 14.3 Å². The van der Waals surface area contributed by atoms with E-state index in [0.717, 1.165) is 0 Å². The maximum absolute atomic E-state index is 11.7. The summed E-state index contributed by atoms with van der Waals surface area (Å²) in [7, 11) is 4.68. The quantitative estimate of drug-likeness (QED) is 0.811. The number of hydrogen-bond acceptors (Lipinski definition) is 4. The third-order valence-corrected chi connectivity index (χ3v) is 2.90. The number of benzene rings is 1. The van der Waals surface area contributed by atoms with Gasteiger partial charge in [0, 0.05) is 14.1 Å². The normalized spacial score (nSPS) is 11.6. The van der Waals surface area contributed by atoms with Gasteiger partial charge in [0.1, 0.15) is 6.04 Å². The molecule has 1 unspecified atom stereocenters. The van der Waals surface area contributed by atoms with E-state index in [1.807, 2.05) is 6.07 Å². The first-order valence-electron chi connectivity index (χ1n) is 5.64. The lowest BCUT2D eigenvalue weighted by Crippen LogP contribution is -2.42. The number of carbonyl (C=O) groups is 2. The molecule has 0 aromatic heterocycles. The number of likely N-dealkylation sites (N-methyl/N-ethyl adjacent to an activating group) is 2. The van der Waals surface area contributed by atoms with E-state index in [0.29, 0.717) is 11.3 Å². The number of rotatable bonds is 4. The Kier molecular flexibility index (Phi) is 4.71. The van der Waals surface area contributed by atoms with Gasteiger partial charge >= 0.3 is 5.97 Å². The molecule has 0 aliphatic heterocycles. The monoisotopic (exact) mass is 250 g/mol. The molecule has 0 heterocycles. The zero-order valence-electron chi connectivity index (χ0n) is 11.1. The molecule has 0 bridgehead atoms. The second kappa shape index (κ2) is 6.05. The Morgan fingerprint density at radius 3 is 2.50 bits per heavy atom. The first-order valence-corrected chi connectivity index (χ1v) is 5.64. The number of nitrogens with zero attached hydrogens (tertiary/aromatic N) is 1. The van der Waals surface area contributed by atoms with Crippen molar-refractivity contribution in [3.8, 4) is 0 Å². The molecule has 0 saturated carbocycles. The predicted octanol–water partition coefficient (Wildman–Crippen LogP) is 1.04. The fourth-order valence-corrected chi connectivity index (χ4v) is 1.66. The molecule has 98 valence electrons. The first kappa shape index (κ1) is 14.0. The zero-order chi connectivity index (χ0) is 13.7. The van der Waals surface area contributed by atoms with Crippen molar-refractivity contribution in [2.45, 2.75) is 13.0 Å². The summed E-state index contributed by atoms with van der Waals surface area (Å²) in [4.78, 5) is 25.0. The van der Waals surface area contributed by atoms with E-state index in [1.54, 1.807) is 44.1 Å². The maximum atomic E-state index is 11.7. The molecule has 0 radical (unpaired) electrons. The van der Waals surface area contributed by atoms with Gasteiger partial charge < -0.3 is 15.0 Å². The number of amides is 1. The summed E-state index contributed by atoms with van der Waals surface area (Å²) >= 11 is 0. The van der Waals surface area contributed by atoms with Gasteiger partial charge in [-0.1, -0.05) is 12.1 Å². The van der Waals surface area contributed by atoms with Gasteiger partial charge in [0.2, 0.25) is 5.91 Å². The highest BCUT2D eigenvalue weighted by Gasteiger charge is 2.21. The molecule has 1 atom stereocenters. The number of nitrogens with one attached hydrogen (secondary N) is 1. The van der Waals surface area contributed by atoms with Crippen LogP contribution in [0, 0.1) is 0 Å². The molecular weight excluding hydrogens is 232 g/mol. The Balaban J connectivity index is 3.09. The predicted molar refractivity (Wildman–Crippen MR) is 69.7 cm³/mol. The fraction of sp³-hybridized carbons (Fsp3) is 0.385. The molecule has 1 rings (SSSR count). The molecule has 0 fully saturated rings. The molecule has 1 N–H and O–H groups in total. The van der Waals surface area contributed by atoms with E-state index in [4.69, 9.17) is 4.74 Å². The third-order valence-electron chi connectivity index (χ3n) is 2.90.